The Morgan fingerprint density at radius 1 is 1.54 bits per heavy atom. The number of halogens is 3. The zero-order valence-electron chi connectivity index (χ0n) is 14.6. The summed E-state index contributed by atoms with van der Waals surface area (Å²) in [5, 5.41) is 12.5. The van der Waals surface area contributed by atoms with E-state index in [9.17, 15) is 23.1 Å². The molecular formula is C16H24F3N3O4. The lowest BCUT2D eigenvalue weighted by atomic mass is 9.97. The number of aliphatic hydroxyl groups is 1. The van der Waals surface area contributed by atoms with Crippen LogP contribution in [0.25, 0.3) is 0 Å². The van der Waals surface area contributed by atoms with E-state index >= 15 is 0 Å². The van der Waals surface area contributed by atoms with Gasteiger partial charge < -0.3 is 24.5 Å². The third kappa shape index (κ3) is 5.18. The molecule has 0 aromatic carbocycles. The minimum atomic E-state index is -5.03. The van der Waals surface area contributed by atoms with Gasteiger partial charge in [-0.15, -0.1) is 0 Å². The Balaban J connectivity index is 1.76. The molecule has 1 aromatic rings. The molecule has 0 bridgehead atoms. The summed E-state index contributed by atoms with van der Waals surface area (Å²) in [6, 6.07) is 0. The molecule has 1 amide bonds. The van der Waals surface area contributed by atoms with E-state index in [4.69, 9.17) is 9.47 Å². The Morgan fingerprint density at radius 2 is 2.31 bits per heavy atom. The van der Waals surface area contributed by atoms with Crippen molar-refractivity contribution in [1.82, 2.24) is 14.9 Å². The van der Waals surface area contributed by atoms with Gasteiger partial charge in [-0.3, -0.25) is 4.79 Å². The average molecular weight is 379 g/mol. The van der Waals surface area contributed by atoms with Gasteiger partial charge in [-0.25, -0.2) is 4.98 Å². The third-order valence-electron chi connectivity index (χ3n) is 4.19. The molecule has 1 aliphatic rings. The molecule has 0 radical (unpaired) electrons. The van der Waals surface area contributed by atoms with Crippen LogP contribution in [0.1, 0.15) is 31.5 Å². The molecule has 148 valence electrons. The van der Waals surface area contributed by atoms with Crippen molar-refractivity contribution in [2.24, 2.45) is 7.05 Å². The third-order valence-corrected chi connectivity index (χ3v) is 4.19. The van der Waals surface area contributed by atoms with Gasteiger partial charge in [0.2, 0.25) is 11.5 Å². The van der Waals surface area contributed by atoms with Crippen molar-refractivity contribution in [3.8, 4) is 0 Å². The SMILES string of the molecule is Cn1ccnc1C(O)(CC(=O)NCCCOCC1CCCO1)C(F)(F)F. The van der Waals surface area contributed by atoms with Gasteiger partial charge in [0.05, 0.1) is 19.1 Å². The van der Waals surface area contributed by atoms with Crippen molar-refractivity contribution in [1.29, 1.82) is 0 Å². The van der Waals surface area contributed by atoms with E-state index in [1.165, 1.54) is 13.2 Å². The number of amides is 1. The lowest BCUT2D eigenvalue weighted by Crippen LogP contribution is -2.48. The second kappa shape index (κ2) is 8.83. The van der Waals surface area contributed by atoms with E-state index < -0.39 is 29.9 Å². The average Bonchev–Trinajstić information content (AvgIpc) is 3.21. The van der Waals surface area contributed by atoms with E-state index in [0.29, 0.717) is 19.6 Å². The number of imidazole rings is 1. The van der Waals surface area contributed by atoms with Crippen LogP contribution in [0.2, 0.25) is 0 Å². The minimum Gasteiger partial charge on any atom is -0.379 e. The van der Waals surface area contributed by atoms with Gasteiger partial charge in [-0.1, -0.05) is 0 Å². The van der Waals surface area contributed by atoms with Crippen LogP contribution in [-0.4, -0.2) is 59.2 Å². The Kier molecular flexibility index (Phi) is 7.01. The fourth-order valence-electron chi connectivity index (χ4n) is 2.76. The van der Waals surface area contributed by atoms with Crippen LogP contribution in [0.3, 0.4) is 0 Å². The van der Waals surface area contributed by atoms with Gasteiger partial charge in [-0.05, 0) is 19.3 Å². The molecule has 2 unspecified atom stereocenters. The van der Waals surface area contributed by atoms with Gasteiger partial charge in [0, 0.05) is 39.2 Å². The molecule has 0 aliphatic carbocycles. The summed E-state index contributed by atoms with van der Waals surface area (Å²) in [5.41, 5.74) is -3.34. The zero-order chi connectivity index (χ0) is 19.2. The summed E-state index contributed by atoms with van der Waals surface area (Å²) in [6.07, 6.45) is -1.26. The first-order valence-electron chi connectivity index (χ1n) is 8.47. The van der Waals surface area contributed by atoms with Crippen LogP contribution < -0.4 is 5.32 Å². The molecule has 1 saturated heterocycles. The number of hydrogen-bond donors (Lipinski definition) is 2. The fraction of sp³-hybridized carbons (Fsp3) is 0.750. The number of alkyl halides is 3. The maximum Gasteiger partial charge on any atom is 0.425 e. The molecule has 0 spiro atoms. The lowest BCUT2D eigenvalue weighted by Gasteiger charge is -2.29. The monoisotopic (exact) mass is 379 g/mol. The predicted octanol–water partition coefficient (Wildman–Crippen LogP) is 1.26. The number of hydrogen-bond acceptors (Lipinski definition) is 5. The summed E-state index contributed by atoms with van der Waals surface area (Å²) in [5.74, 6) is -1.54. The predicted molar refractivity (Wildman–Crippen MR) is 85.2 cm³/mol. The molecule has 26 heavy (non-hydrogen) atoms. The van der Waals surface area contributed by atoms with Gasteiger partial charge in [0.1, 0.15) is 0 Å². The molecule has 2 N–H and O–H groups in total. The number of nitrogens with zero attached hydrogens (tertiary/aromatic N) is 2. The Bertz CT molecular complexity index is 588. The maximum atomic E-state index is 13.3. The van der Waals surface area contributed by atoms with Crippen molar-refractivity contribution in [2.75, 3.05) is 26.4 Å². The zero-order valence-corrected chi connectivity index (χ0v) is 14.6. The van der Waals surface area contributed by atoms with E-state index in [-0.39, 0.29) is 12.6 Å². The van der Waals surface area contributed by atoms with Gasteiger partial charge in [0.25, 0.3) is 0 Å². The highest BCUT2D eigenvalue weighted by molar-refractivity contribution is 5.77. The Labute approximate surface area is 149 Å². The molecule has 10 heteroatoms. The van der Waals surface area contributed by atoms with Gasteiger partial charge >= 0.3 is 6.18 Å². The quantitative estimate of drug-likeness (QED) is 0.631. The van der Waals surface area contributed by atoms with E-state index in [2.05, 4.69) is 10.3 Å². The largest absolute Gasteiger partial charge is 0.425 e. The summed E-state index contributed by atoms with van der Waals surface area (Å²) in [7, 11) is 1.32. The standard InChI is InChI=1S/C16H24F3N3O4/c1-22-7-6-21-14(22)15(24,16(17,18)19)10-13(23)20-5-3-8-25-11-12-4-2-9-26-12/h6-7,12,24H,2-5,8-11H2,1H3,(H,20,23). The van der Waals surface area contributed by atoms with E-state index in [1.807, 2.05) is 0 Å². The molecule has 1 aromatic heterocycles. The Morgan fingerprint density at radius 3 is 2.88 bits per heavy atom. The minimum absolute atomic E-state index is 0.101. The smallest absolute Gasteiger partial charge is 0.379 e. The summed E-state index contributed by atoms with van der Waals surface area (Å²) in [6.45, 7) is 1.73. The topological polar surface area (TPSA) is 85.6 Å². The van der Waals surface area contributed by atoms with Crippen LogP contribution in [-0.2, 0) is 26.9 Å². The molecule has 2 heterocycles. The second-order valence-electron chi connectivity index (χ2n) is 6.31. The van der Waals surface area contributed by atoms with Crippen molar-refractivity contribution < 1.29 is 32.5 Å². The van der Waals surface area contributed by atoms with Crippen LogP contribution in [0, 0.1) is 0 Å². The molecule has 1 aliphatic heterocycles. The van der Waals surface area contributed by atoms with Gasteiger partial charge in [-0.2, -0.15) is 13.2 Å². The molecular weight excluding hydrogens is 355 g/mol. The van der Waals surface area contributed by atoms with Crippen LogP contribution in [0.15, 0.2) is 12.4 Å². The van der Waals surface area contributed by atoms with Crippen molar-refractivity contribution in [3.05, 3.63) is 18.2 Å². The number of ether oxygens (including phenoxy) is 2. The molecule has 2 rings (SSSR count). The summed E-state index contributed by atoms with van der Waals surface area (Å²) >= 11 is 0. The van der Waals surface area contributed by atoms with Crippen LogP contribution in [0.5, 0.6) is 0 Å². The first-order chi connectivity index (χ1) is 12.2. The summed E-state index contributed by atoms with van der Waals surface area (Å²) < 4.78 is 51.8. The fourth-order valence-corrected chi connectivity index (χ4v) is 2.76. The maximum absolute atomic E-state index is 13.3. The first kappa shape index (κ1) is 20.7. The van der Waals surface area contributed by atoms with E-state index in [0.717, 1.165) is 30.2 Å². The molecule has 2 atom stereocenters. The summed E-state index contributed by atoms with van der Waals surface area (Å²) in [4.78, 5) is 15.4. The van der Waals surface area contributed by atoms with Crippen molar-refractivity contribution >= 4 is 5.91 Å². The first-order valence-corrected chi connectivity index (χ1v) is 8.47. The highest BCUT2D eigenvalue weighted by Crippen LogP contribution is 2.40. The Hall–Kier alpha value is -1.65. The number of aryl methyl sites for hydroxylation is 1. The normalized spacial score (nSPS) is 20.1. The highest BCUT2D eigenvalue weighted by Gasteiger charge is 2.58. The molecule has 1 fully saturated rings. The van der Waals surface area contributed by atoms with Gasteiger partial charge in [0.15, 0.2) is 5.82 Å². The highest BCUT2D eigenvalue weighted by atomic mass is 19.4. The van der Waals surface area contributed by atoms with Crippen LogP contribution in [0.4, 0.5) is 13.2 Å². The number of carbonyl (C=O) groups is 1. The molecule has 0 saturated carbocycles. The lowest BCUT2D eigenvalue weighted by molar-refractivity contribution is -0.271. The number of nitrogens with one attached hydrogen (secondary N) is 1. The van der Waals surface area contributed by atoms with Crippen molar-refractivity contribution in [2.45, 2.75) is 43.6 Å². The van der Waals surface area contributed by atoms with E-state index in [1.54, 1.807) is 0 Å². The number of rotatable bonds is 9. The molecule has 7 nitrogen and oxygen atoms in total. The number of aromatic nitrogens is 2. The number of carbonyl (C=O) groups excluding carboxylic acids is 1. The van der Waals surface area contributed by atoms with Crippen molar-refractivity contribution in [3.63, 3.8) is 0 Å². The second-order valence-corrected chi connectivity index (χ2v) is 6.31. The van der Waals surface area contributed by atoms with Crippen LogP contribution >= 0.6 is 0 Å².